The van der Waals surface area contributed by atoms with E-state index < -0.39 is 21.2 Å². The molecule has 0 saturated carbocycles. The minimum absolute atomic E-state index is 0.204. The zero-order chi connectivity index (χ0) is 13.9. The van der Waals surface area contributed by atoms with Gasteiger partial charge in [0.05, 0.1) is 16.8 Å². The molecule has 1 saturated heterocycles. The van der Waals surface area contributed by atoms with E-state index >= 15 is 0 Å². The molecule has 0 unspecified atom stereocenters. The summed E-state index contributed by atoms with van der Waals surface area (Å²) >= 11 is 0. The first-order chi connectivity index (χ1) is 9.05. The molecule has 0 aliphatic carbocycles. The highest BCUT2D eigenvalue weighted by molar-refractivity contribution is 7.92. The lowest BCUT2D eigenvalue weighted by Crippen LogP contribution is -2.32. The summed E-state index contributed by atoms with van der Waals surface area (Å²) in [4.78, 5) is 13.3. The van der Waals surface area contributed by atoms with E-state index in [2.05, 4.69) is 0 Å². The van der Waals surface area contributed by atoms with E-state index in [1.807, 2.05) is 0 Å². The second-order valence-electron chi connectivity index (χ2n) is 4.41. The number of benzene rings is 1. The molecule has 0 N–H and O–H groups in total. The summed E-state index contributed by atoms with van der Waals surface area (Å²) in [6.45, 7) is 2.66. The van der Waals surface area contributed by atoms with Crippen molar-refractivity contribution in [1.29, 1.82) is 0 Å². The number of likely N-dealkylation sites (tertiary alicyclic amines) is 1. The standard InChI is InChI=1S/C13H17NO4S/c1-2-18-13(15)14-9-8-12(10-14)19(16,17)11-6-4-3-5-7-11/h3-7,12H,2,8-10H2,1H3/t12-/m1/s1. The van der Waals surface area contributed by atoms with Crippen LogP contribution < -0.4 is 0 Å². The molecule has 1 heterocycles. The molecule has 1 aromatic rings. The van der Waals surface area contributed by atoms with Gasteiger partial charge in [0.15, 0.2) is 9.84 Å². The van der Waals surface area contributed by atoms with Crippen LogP contribution in [-0.4, -0.2) is 44.4 Å². The van der Waals surface area contributed by atoms with Crippen molar-refractivity contribution in [3.63, 3.8) is 0 Å². The van der Waals surface area contributed by atoms with E-state index in [9.17, 15) is 13.2 Å². The van der Waals surface area contributed by atoms with Crippen molar-refractivity contribution in [2.24, 2.45) is 0 Å². The van der Waals surface area contributed by atoms with Gasteiger partial charge in [-0.15, -0.1) is 0 Å². The molecule has 2 rings (SSSR count). The first-order valence-electron chi connectivity index (χ1n) is 6.26. The SMILES string of the molecule is CCOC(=O)N1CC[C@@H](S(=O)(=O)c2ccccc2)C1. The van der Waals surface area contributed by atoms with Crippen molar-refractivity contribution in [3.8, 4) is 0 Å². The van der Waals surface area contributed by atoms with E-state index in [-0.39, 0.29) is 6.54 Å². The number of sulfone groups is 1. The fourth-order valence-electron chi connectivity index (χ4n) is 2.16. The van der Waals surface area contributed by atoms with E-state index in [0.29, 0.717) is 24.5 Å². The van der Waals surface area contributed by atoms with Crippen LogP contribution >= 0.6 is 0 Å². The Balaban J connectivity index is 2.11. The number of nitrogens with zero attached hydrogens (tertiary/aromatic N) is 1. The molecule has 1 fully saturated rings. The summed E-state index contributed by atoms with van der Waals surface area (Å²) in [6.07, 6.45) is 0.0176. The smallest absolute Gasteiger partial charge is 0.409 e. The maximum atomic E-state index is 12.4. The van der Waals surface area contributed by atoms with Crippen molar-refractivity contribution in [2.45, 2.75) is 23.5 Å². The number of amides is 1. The Kier molecular flexibility index (Phi) is 4.09. The summed E-state index contributed by atoms with van der Waals surface area (Å²) in [5.41, 5.74) is 0. The molecular formula is C13H17NO4S. The predicted molar refractivity (Wildman–Crippen MR) is 70.6 cm³/mol. The topological polar surface area (TPSA) is 63.7 Å². The van der Waals surface area contributed by atoms with Crippen molar-refractivity contribution in [2.75, 3.05) is 19.7 Å². The number of rotatable bonds is 3. The van der Waals surface area contributed by atoms with Crippen LogP contribution in [-0.2, 0) is 14.6 Å². The first kappa shape index (κ1) is 13.9. The van der Waals surface area contributed by atoms with Gasteiger partial charge in [0.25, 0.3) is 0 Å². The number of hydrogen-bond donors (Lipinski definition) is 0. The van der Waals surface area contributed by atoms with Crippen LogP contribution in [0, 0.1) is 0 Å². The van der Waals surface area contributed by atoms with Crippen LogP contribution in [0.25, 0.3) is 0 Å². The predicted octanol–water partition coefficient (Wildman–Crippen LogP) is 1.69. The van der Waals surface area contributed by atoms with Gasteiger partial charge in [0, 0.05) is 13.1 Å². The molecule has 0 bridgehead atoms. The number of carbonyl (C=O) groups excluding carboxylic acids is 1. The molecule has 1 atom stereocenters. The van der Waals surface area contributed by atoms with Crippen LogP contribution in [0.5, 0.6) is 0 Å². The van der Waals surface area contributed by atoms with Crippen LogP contribution in [0.3, 0.4) is 0 Å². The zero-order valence-corrected chi connectivity index (χ0v) is 11.6. The van der Waals surface area contributed by atoms with Gasteiger partial charge in [-0.2, -0.15) is 0 Å². The number of hydrogen-bond acceptors (Lipinski definition) is 4. The van der Waals surface area contributed by atoms with Gasteiger partial charge in [-0.25, -0.2) is 13.2 Å². The Bertz CT molecular complexity index is 541. The summed E-state index contributed by atoms with van der Waals surface area (Å²) in [5.74, 6) is 0. The minimum Gasteiger partial charge on any atom is -0.450 e. The van der Waals surface area contributed by atoms with Gasteiger partial charge in [0.1, 0.15) is 0 Å². The Morgan fingerprint density at radius 1 is 1.37 bits per heavy atom. The third-order valence-electron chi connectivity index (χ3n) is 3.18. The number of carbonyl (C=O) groups is 1. The van der Waals surface area contributed by atoms with Crippen LogP contribution in [0.15, 0.2) is 35.2 Å². The van der Waals surface area contributed by atoms with Crippen molar-refractivity contribution in [3.05, 3.63) is 30.3 Å². The molecule has 0 radical (unpaired) electrons. The number of ether oxygens (including phenoxy) is 1. The maximum absolute atomic E-state index is 12.4. The van der Waals surface area contributed by atoms with Gasteiger partial charge >= 0.3 is 6.09 Å². The van der Waals surface area contributed by atoms with Gasteiger partial charge in [0.2, 0.25) is 0 Å². The maximum Gasteiger partial charge on any atom is 0.409 e. The molecule has 1 aliphatic heterocycles. The van der Waals surface area contributed by atoms with Crippen LogP contribution in [0.1, 0.15) is 13.3 Å². The average Bonchev–Trinajstić information content (AvgIpc) is 2.90. The molecular weight excluding hydrogens is 266 g/mol. The molecule has 104 valence electrons. The third kappa shape index (κ3) is 2.89. The summed E-state index contributed by atoms with van der Waals surface area (Å²) in [5, 5.41) is -0.542. The highest BCUT2D eigenvalue weighted by Crippen LogP contribution is 2.24. The Morgan fingerprint density at radius 3 is 2.68 bits per heavy atom. The summed E-state index contributed by atoms with van der Waals surface area (Å²) in [6, 6.07) is 8.35. The van der Waals surface area contributed by atoms with Crippen LogP contribution in [0.2, 0.25) is 0 Å². The van der Waals surface area contributed by atoms with E-state index in [0.717, 1.165) is 0 Å². The normalized spacial score (nSPS) is 19.4. The lowest BCUT2D eigenvalue weighted by molar-refractivity contribution is 0.116. The molecule has 0 spiro atoms. The Hall–Kier alpha value is -1.56. The van der Waals surface area contributed by atoms with E-state index in [1.54, 1.807) is 37.3 Å². The Labute approximate surface area is 113 Å². The average molecular weight is 283 g/mol. The third-order valence-corrected chi connectivity index (χ3v) is 5.37. The lowest BCUT2D eigenvalue weighted by Gasteiger charge is -2.15. The van der Waals surface area contributed by atoms with Crippen molar-refractivity contribution < 1.29 is 17.9 Å². The molecule has 0 aromatic heterocycles. The minimum atomic E-state index is -3.37. The van der Waals surface area contributed by atoms with Gasteiger partial charge < -0.3 is 9.64 Å². The molecule has 1 amide bonds. The first-order valence-corrected chi connectivity index (χ1v) is 7.81. The molecule has 6 heteroatoms. The highest BCUT2D eigenvalue weighted by Gasteiger charge is 2.36. The second-order valence-corrected chi connectivity index (χ2v) is 6.64. The lowest BCUT2D eigenvalue weighted by atomic mass is 10.4. The summed E-state index contributed by atoms with van der Waals surface area (Å²) < 4.78 is 29.6. The van der Waals surface area contributed by atoms with Crippen molar-refractivity contribution in [1.82, 2.24) is 4.90 Å². The van der Waals surface area contributed by atoms with E-state index in [1.165, 1.54) is 4.90 Å². The molecule has 1 aromatic carbocycles. The Morgan fingerprint density at radius 2 is 2.05 bits per heavy atom. The van der Waals surface area contributed by atoms with Gasteiger partial charge in [-0.3, -0.25) is 0 Å². The fraction of sp³-hybridized carbons (Fsp3) is 0.462. The van der Waals surface area contributed by atoms with Gasteiger partial charge in [-0.1, -0.05) is 18.2 Å². The second kappa shape index (κ2) is 5.61. The summed E-state index contributed by atoms with van der Waals surface area (Å²) in [7, 11) is -3.37. The quantitative estimate of drug-likeness (QED) is 0.847. The fourth-order valence-corrected chi connectivity index (χ4v) is 3.88. The van der Waals surface area contributed by atoms with Crippen molar-refractivity contribution >= 4 is 15.9 Å². The highest BCUT2D eigenvalue weighted by atomic mass is 32.2. The molecule has 5 nitrogen and oxygen atoms in total. The van der Waals surface area contributed by atoms with E-state index in [4.69, 9.17) is 4.74 Å². The van der Waals surface area contributed by atoms with Crippen LogP contribution in [0.4, 0.5) is 4.79 Å². The monoisotopic (exact) mass is 283 g/mol. The molecule has 19 heavy (non-hydrogen) atoms. The molecule has 1 aliphatic rings. The van der Waals surface area contributed by atoms with Gasteiger partial charge in [-0.05, 0) is 25.5 Å². The zero-order valence-electron chi connectivity index (χ0n) is 10.8. The largest absolute Gasteiger partial charge is 0.450 e.